The molecule has 0 saturated heterocycles. The Kier molecular flexibility index (Phi) is 14.3. The van der Waals surface area contributed by atoms with Crippen molar-refractivity contribution in [2.45, 2.75) is 69.8 Å². The van der Waals surface area contributed by atoms with Gasteiger partial charge in [0.1, 0.15) is 0 Å². The summed E-state index contributed by atoms with van der Waals surface area (Å²) in [5, 5.41) is -13.6. The topological polar surface area (TPSA) is 115 Å². The minimum absolute atomic E-state index is 1.12. The van der Waals surface area contributed by atoms with Crippen LogP contribution >= 0.6 is 0 Å². The summed E-state index contributed by atoms with van der Waals surface area (Å²) in [5.41, 5.74) is 2.92. The van der Waals surface area contributed by atoms with Gasteiger partial charge in [-0.2, -0.15) is 43.2 Å². The molecule has 0 aromatic rings. The van der Waals surface area contributed by atoms with Crippen molar-refractivity contribution in [3.05, 3.63) is 47.9 Å². The minimum Gasteiger partial charge on any atom is -0.373 e. The second-order valence-electron chi connectivity index (χ2n) is 8.92. The smallest absolute Gasteiger partial charge is 0.373 e. The Hall–Kier alpha value is -2.04. The molecule has 228 valence electrons. The number of rotatable bonds is 10. The zero-order chi connectivity index (χ0) is 30.7. The van der Waals surface area contributed by atoms with Gasteiger partial charge >= 0.3 is 36.7 Å². The molecule has 8 nitrogen and oxygen atoms in total. The quantitative estimate of drug-likeness (QED) is 0.238. The van der Waals surface area contributed by atoms with Crippen LogP contribution in [0.25, 0.3) is 0 Å². The second-order valence-corrected chi connectivity index (χ2v) is 11.8. The highest BCUT2D eigenvalue weighted by Crippen LogP contribution is 2.50. The van der Waals surface area contributed by atoms with Crippen LogP contribution in [-0.2, 0) is 20.2 Å². The Morgan fingerprint density at radius 3 is 1.26 bits per heavy atom. The lowest BCUT2D eigenvalue weighted by Crippen LogP contribution is -2.60. The van der Waals surface area contributed by atoms with E-state index in [1.807, 2.05) is 0 Å². The van der Waals surface area contributed by atoms with Crippen LogP contribution in [0.1, 0.15) is 53.4 Å². The molecule has 39 heavy (non-hydrogen) atoms. The fourth-order valence-electron chi connectivity index (χ4n) is 3.03. The van der Waals surface area contributed by atoms with Gasteiger partial charge in [-0.05, 0) is 51.2 Å². The molecule has 16 heteroatoms. The lowest BCUT2D eigenvalue weighted by molar-refractivity contribution is -0.247. The van der Waals surface area contributed by atoms with E-state index in [9.17, 15) is 43.2 Å². The van der Waals surface area contributed by atoms with Crippen molar-refractivity contribution in [3.8, 4) is 0 Å². The highest BCUT2D eigenvalue weighted by molar-refractivity contribution is 7.88. The summed E-state index contributed by atoms with van der Waals surface area (Å²) in [5.74, 6) is -7.08. The molecule has 0 bridgehead atoms. The van der Waals surface area contributed by atoms with Crippen LogP contribution in [0.5, 0.6) is 0 Å². The van der Waals surface area contributed by atoms with E-state index in [4.69, 9.17) is 9.11 Å². The largest absolute Gasteiger partial charge is 0.439 e. The van der Waals surface area contributed by atoms with E-state index in [0.29, 0.717) is 0 Å². The molecule has 0 amide bonds. The third-order valence-electron chi connectivity index (χ3n) is 5.24. The molecular weight excluding hydrogens is 578 g/mol. The molecular formula is C23H36F6N2O6S2. The molecule has 0 fully saturated rings. The molecule has 0 aromatic heterocycles. The van der Waals surface area contributed by atoms with Gasteiger partial charge < -0.3 is 9.80 Å². The van der Waals surface area contributed by atoms with Gasteiger partial charge in [0.25, 0.3) is 0 Å². The number of hydrogen-bond donors (Lipinski definition) is 2. The van der Waals surface area contributed by atoms with Gasteiger partial charge in [0.15, 0.2) is 0 Å². The Morgan fingerprint density at radius 1 is 0.718 bits per heavy atom. The highest BCUT2D eigenvalue weighted by Gasteiger charge is 2.82. The Morgan fingerprint density at radius 2 is 1.03 bits per heavy atom. The van der Waals surface area contributed by atoms with Gasteiger partial charge in [0.05, 0.1) is 0 Å². The molecule has 0 aliphatic carbocycles. The molecule has 0 spiro atoms. The van der Waals surface area contributed by atoms with Crippen molar-refractivity contribution in [2.75, 3.05) is 26.2 Å². The van der Waals surface area contributed by atoms with Crippen molar-refractivity contribution in [2.24, 2.45) is 0 Å². The summed E-state index contributed by atoms with van der Waals surface area (Å²) in [7, 11) is -14.1. The number of nitrogens with zero attached hydrogens (tertiary/aromatic N) is 2. The third kappa shape index (κ3) is 10.8. The van der Waals surface area contributed by atoms with E-state index in [0.717, 1.165) is 13.1 Å². The van der Waals surface area contributed by atoms with Gasteiger partial charge in [-0.25, -0.2) is 0 Å². The first-order valence-corrected chi connectivity index (χ1v) is 14.8. The van der Waals surface area contributed by atoms with Crippen LogP contribution in [0, 0.1) is 0 Å². The van der Waals surface area contributed by atoms with Crippen molar-refractivity contribution in [3.63, 3.8) is 0 Å². The van der Waals surface area contributed by atoms with E-state index in [-0.39, 0.29) is 0 Å². The van der Waals surface area contributed by atoms with Crippen molar-refractivity contribution in [1.29, 1.82) is 0 Å². The molecule has 0 saturated carbocycles. The van der Waals surface area contributed by atoms with E-state index < -0.39 is 36.7 Å². The first-order valence-electron chi connectivity index (χ1n) is 11.9. The average Bonchev–Trinajstić information content (AvgIpc) is 2.80. The summed E-state index contributed by atoms with van der Waals surface area (Å²) in [6.07, 6.45) is 18.2. The van der Waals surface area contributed by atoms with Crippen LogP contribution in [0.3, 0.4) is 0 Å². The molecule has 0 atom stereocenters. The van der Waals surface area contributed by atoms with Crippen LogP contribution in [0.15, 0.2) is 47.9 Å². The maximum Gasteiger partial charge on any atom is 0.439 e. The number of halogens is 6. The lowest BCUT2D eigenvalue weighted by Gasteiger charge is -2.28. The predicted molar refractivity (Wildman–Crippen MR) is 137 cm³/mol. The predicted octanol–water partition coefficient (Wildman–Crippen LogP) is 5.71. The Balaban J connectivity index is 0.000000575. The first kappa shape index (κ1) is 37.0. The second kappa shape index (κ2) is 15.1. The fourth-order valence-corrected chi connectivity index (χ4v) is 4.00. The van der Waals surface area contributed by atoms with Crippen molar-refractivity contribution < 1.29 is 52.3 Å². The summed E-state index contributed by atoms with van der Waals surface area (Å²) in [6.45, 7) is 13.5. The van der Waals surface area contributed by atoms with E-state index in [2.05, 4.69) is 74.2 Å². The molecule has 2 aliphatic rings. The molecule has 0 radical (unpaired) electrons. The van der Waals surface area contributed by atoms with Gasteiger partial charge in [-0.1, -0.05) is 50.0 Å². The Bertz CT molecular complexity index is 1030. The fraction of sp³-hybridized carbons (Fsp3) is 0.652. The summed E-state index contributed by atoms with van der Waals surface area (Å²) in [6, 6.07) is 0. The number of unbranched alkanes of at least 4 members (excludes halogenated alkanes) is 2. The molecule has 2 aliphatic heterocycles. The SMILES string of the molecule is CCCCN1C=CC=C(C)C1.CCCCN1C=CC=C(C)C1.O=S(=O)(O)C(F)(F)C(F)(F)C(F)(F)S(=O)(=O)O. The van der Waals surface area contributed by atoms with Gasteiger partial charge in [-0.15, -0.1) is 0 Å². The van der Waals surface area contributed by atoms with Crippen LogP contribution in [0.2, 0.25) is 0 Å². The van der Waals surface area contributed by atoms with Crippen LogP contribution in [0.4, 0.5) is 26.3 Å². The first-order chi connectivity index (χ1) is 17.7. The third-order valence-corrected chi connectivity index (χ3v) is 7.05. The van der Waals surface area contributed by atoms with Gasteiger partial charge in [-0.3, -0.25) is 9.11 Å². The van der Waals surface area contributed by atoms with Crippen LogP contribution in [-0.4, -0.2) is 78.4 Å². The number of hydrogen-bond acceptors (Lipinski definition) is 6. The molecule has 2 rings (SSSR count). The standard InChI is InChI=1S/2C10H17N.C3H2F6O6S2/c2*1-3-4-7-11-8-5-6-10(2)9-11;4-1(5,2(6,7)16(10,11)12)3(8,9)17(13,14)15/h2*5-6,8H,3-4,7,9H2,1-2H3;(H,10,11,12)(H,13,14,15). The molecule has 2 heterocycles. The van der Waals surface area contributed by atoms with Crippen molar-refractivity contribution in [1.82, 2.24) is 9.80 Å². The summed E-state index contributed by atoms with van der Waals surface area (Å²) < 4.78 is 128. The number of alkyl halides is 6. The molecule has 2 N–H and O–H groups in total. The maximum atomic E-state index is 12.4. The minimum atomic E-state index is -7.08. The monoisotopic (exact) mass is 614 g/mol. The van der Waals surface area contributed by atoms with E-state index in [1.54, 1.807) is 0 Å². The van der Waals surface area contributed by atoms with Crippen molar-refractivity contribution >= 4 is 20.2 Å². The van der Waals surface area contributed by atoms with E-state index >= 15 is 0 Å². The lowest BCUT2D eigenvalue weighted by atomic mass is 10.2. The van der Waals surface area contributed by atoms with Gasteiger partial charge in [0.2, 0.25) is 0 Å². The normalized spacial score (nSPS) is 16.5. The highest BCUT2D eigenvalue weighted by atomic mass is 32.2. The maximum absolute atomic E-state index is 12.4. The van der Waals surface area contributed by atoms with E-state index in [1.165, 1.54) is 49.9 Å². The van der Waals surface area contributed by atoms with Crippen LogP contribution < -0.4 is 0 Å². The zero-order valence-corrected chi connectivity index (χ0v) is 23.8. The molecule has 0 aromatic carbocycles. The average molecular weight is 615 g/mol. The Labute approximate surface area is 226 Å². The summed E-state index contributed by atoms with van der Waals surface area (Å²) in [4.78, 5) is 4.75. The van der Waals surface area contributed by atoms with Gasteiger partial charge in [0, 0.05) is 26.2 Å². The number of allylic oxidation sites excluding steroid dienone is 4. The zero-order valence-electron chi connectivity index (χ0n) is 22.1. The molecule has 0 unspecified atom stereocenters. The summed E-state index contributed by atoms with van der Waals surface area (Å²) >= 11 is 0.